The minimum Gasteiger partial charge on any atom is -0.313 e. The van der Waals surface area contributed by atoms with E-state index in [1.807, 2.05) is 6.92 Å². The lowest BCUT2D eigenvalue weighted by Gasteiger charge is -2.22. The topological polar surface area (TPSA) is 597 Å². The third-order valence-corrected chi connectivity index (χ3v) is 19.2. The van der Waals surface area contributed by atoms with Crippen LogP contribution in [-0.4, -0.2) is 367 Å². The van der Waals surface area contributed by atoms with Crippen LogP contribution in [0.5, 0.6) is 0 Å². The van der Waals surface area contributed by atoms with E-state index >= 15 is 0 Å². The molecule has 0 bridgehead atoms. The van der Waals surface area contributed by atoms with Crippen LogP contribution in [0.15, 0.2) is 97.2 Å². The molecule has 0 fully saturated rings. The summed E-state index contributed by atoms with van der Waals surface area (Å²) in [6, 6.07) is 0. The Morgan fingerprint density at radius 1 is 0.262 bits per heavy atom. The number of hydrogen-bond acceptors (Lipinski definition) is 36. The predicted octanol–water partition coefficient (Wildman–Crippen LogP) is -8.22. The van der Waals surface area contributed by atoms with E-state index in [-0.39, 0.29) is 195 Å². The number of quaternary nitrogens is 1. The molecule has 678 valence electrons. The van der Waals surface area contributed by atoms with E-state index < -0.39 is 147 Å². The van der Waals surface area contributed by atoms with Crippen molar-refractivity contribution in [1.29, 1.82) is 0 Å². The molecule has 0 saturated carbocycles. The molecule has 8 heterocycles. The van der Waals surface area contributed by atoms with Crippen molar-refractivity contribution in [2.75, 3.05) is 165 Å². The van der Waals surface area contributed by atoms with Gasteiger partial charge in [-0.1, -0.05) is 27.7 Å². The van der Waals surface area contributed by atoms with Crippen LogP contribution in [0.4, 0.5) is 0 Å². The second kappa shape index (κ2) is 53.2. The van der Waals surface area contributed by atoms with E-state index in [4.69, 9.17) is 0 Å². The SMILES string of the molecule is CC(=O)CN1C(=O)C=CC1=O.CCC(=O)C(CC)CNCC(=O)C(CNCC(=O)CN1C(=O)C=CC1=O)CNCC(=O)CN1C(=O)C=CC1=O.CCC(=O)C(CNCC(=O)CN1C(=O)C=CC1=O)CNCC(=O)CN1C(=O)C=CC1=O.CCC(=O)CN1C(=O)C=CC1=O.CNCC(=O)C(CNCC(=O)CN1C(=O)C=CC1=O)CNCC(=O)C[N+]1(C)C(=O)C=CC1=O. The Morgan fingerprint density at radius 2 is 0.468 bits per heavy atom. The molecule has 8 aliphatic heterocycles. The van der Waals surface area contributed by atoms with Gasteiger partial charge in [0.2, 0.25) is 5.78 Å². The summed E-state index contributed by atoms with van der Waals surface area (Å²) in [4.78, 5) is 332. The van der Waals surface area contributed by atoms with Gasteiger partial charge in [-0.2, -0.15) is 4.48 Å². The molecular formula is C82H103N16O28+. The molecule has 0 aromatic heterocycles. The molecule has 8 N–H and O–H groups in total. The van der Waals surface area contributed by atoms with Gasteiger partial charge in [-0.25, -0.2) is 9.59 Å². The number of nitrogens with one attached hydrogen (secondary N) is 8. The minimum atomic E-state index is -0.673. The van der Waals surface area contributed by atoms with Crippen molar-refractivity contribution in [2.24, 2.45) is 23.7 Å². The number of hydrogen-bond donors (Lipinski definition) is 8. The maximum absolute atomic E-state index is 12.9. The van der Waals surface area contributed by atoms with E-state index in [0.29, 0.717) is 25.8 Å². The van der Waals surface area contributed by atoms with E-state index in [1.54, 1.807) is 27.8 Å². The summed E-state index contributed by atoms with van der Waals surface area (Å²) >= 11 is 0. The van der Waals surface area contributed by atoms with Gasteiger partial charge in [-0.05, 0) is 20.4 Å². The summed E-state index contributed by atoms with van der Waals surface area (Å²) < 4.78 is -0.635. The Morgan fingerprint density at radius 3 is 0.698 bits per heavy atom. The summed E-state index contributed by atoms with van der Waals surface area (Å²) in [5, 5.41) is 22.9. The van der Waals surface area contributed by atoms with E-state index in [9.17, 15) is 134 Å². The number of amides is 16. The second-order valence-electron chi connectivity index (χ2n) is 29.1. The number of imide groups is 8. The van der Waals surface area contributed by atoms with Gasteiger partial charge < -0.3 is 42.5 Å². The average molecular weight is 1760 g/mol. The number of carbonyl (C=O) groups excluding carboxylic acids is 28. The molecule has 0 radical (unpaired) electrons. The molecule has 2 atom stereocenters. The zero-order chi connectivity index (χ0) is 94.1. The van der Waals surface area contributed by atoms with Crippen molar-refractivity contribution >= 4 is 164 Å². The highest BCUT2D eigenvalue weighted by atomic mass is 16.2. The van der Waals surface area contributed by atoms with Crippen molar-refractivity contribution in [3.8, 4) is 0 Å². The molecule has 8 aliphatic rings. The fraction of sp³-hybridized carbons (Fsp3) is 0.463. The average Bonchev–Trinajstić information content (AvgIpc) is 1.65. The lowest BCUT2D eigenvalue weighted by Crippen LogP contribution is -2.53. The summed E-state index contributed by atoms with van der Waals surface area (Å²) in [5.74, 6) is -13.1. The van der Waals surface area contributed by atoms with Crippen LogP contribution in [0.1, 0.15) is 60.3 Å². The Hall–Kier alpha value is -13.1. The monoisotopic (exact) mass is 1760 g/mol. The smallest absolute Gasteiger partial charge is 0.313 e. The molecular weight excluding hydrogens is 1660 g/mol. The molecule has 126 heavy (non-hydrogen) atoms. The summed E-state index contributed by atoms with van der Waals surface area (Å²) in [6.45, 7) is 6.23. The number of ketones is 12. The van der Waals surface area contributed by atoms with Gasteiger partial charge in [-0.3, -0.25) is 159 Å². The first-order valence-corrected chi connectivity index (χ1v) is 39.8. The first kappa shape index (κ1) is 105. The van der Waals surface area contributed by atoms with Gasteiger partial charge in [0.1, 0.15) is 17.3 Å². The molecule has 16 amide bonds. The van der Waals surface area contributed by atoms with Crippen LogP contribution >= 0.6 is 0 Å². The predicted molar refractivity (Wildman–Crippen MR) is 436 cm³/mol. The zero-order valence-corrected chi connectivity index (χ0v) is 70.6. The molecule has 44 heteroatoms. The van der Waals surface area contributed by atoms with Crippen LogP contribution in [0, 0.1) is 23.7 Å². The number of likely N-dealkylation sites (N-methyl/N-ethyl adjacent to an activating group) is 2. The molecule has 0 aliphatic carbocycles. The van der Waals surface area contributed by atoms with E-state index in [0.717, 1.165) is 119 Å². The van der Waals surface area contributed by atoms with E-state index in [1.165, 1.54) is 26.1 Å². The zero-order valence-electron chi connectivity index (χ0n) is 70.6. The number of carbonyl (C=O) groups is 28. The molecule has 2 unspecified atom stereocenters. The highest BCUT2D eigenvalue weighted by Gasteiger charge is 2.44. The molecule has 0 saturated heterocycles. The van der Waals surface area contributed by atoms with Crippen LogP contribution in [0.2, 0.25) is 0 Å². The van der Waals surface area contributed by atoms with Crippen molar-refractivity contribution in [2.45, 2.75) is 60.3 Å². The fourth-order valence-corrected chi connectivity index (χ4v) is 12.0. The molecule has 44 nitrogen and oxygen atoms in total. The Kier molecular flexibility index (Phi) is 44.4. The largest absolute Gasteiger partial charge is 0.346 e. The van der Waals surface area contributed by atoms with Crippen molar-refractivity contribution in [3.05, 3.63) is 97.2 Å². The van der Waals surface area contributed by atoms with E-state index in [2.05, 4.69) is 42.5 Å². The standard InChI is InChI=1S/C26H35N5O8.C21H28N5O7.C20H24N4O7.C8H9NO3.C7H7NO3/c1-3-17(21(34)4-2)9-29-14-22(35)18(10-27-12-19(32)15-30-23(36)5-6-24(30)37)11-28-13-20(33)16-31-25(38)7-8-26(31)39;1-22-11-17(29)14(7-23-9-15(27)12-25-18(30)3-4-19(25)31)8-24-10-16(28)13-26(2)20(32)5-6-21(26)33;1-2-16(27)13(7-21-9-14(25)11-23-17(28)3-4-18(23)29)8-22-10-15(26)12-24-19(30)5-6-20(24)31;1-2-6(10)5-9-7(11)3-4-8(9)12;1-5(9)4-8-6(10)2-3-7(8)11/h5-8,17-18,27-29H,3-4,9-16H2,1-2H3;3-6,14,22-24H,7-13H2,1-2H3;3-6,13,21-22H,2,7-12H2,1H3;3-4H,2,5H2,1H3;2-3H,4H2,1H3/q;+1;;;. The Balaban J connectivity index is 0.000000352. The van der Waals surface area contributed by atoms with Gasteiger partial charge in [0.15, 0.2) is 52.8 Å². The second-order valence-corrected chi connectivity index (χ2v) is 29.1. The van der Waals surface area contributed by atoms with Gasteiger partial charge >= 0.3 is 11.8 Å². The van der Waals surface area contributed by atoms with Gasteiger partial charge in [0.05, 0.1) is 117 Å². The number of rotatable bonds is 54. The lowest BCUT2D eigenvalue weighted by molar-refractivity contribution is -0.740. The maximum atomic E-state index is 12.9. The fourth-order valence-electron chi connectivity index (χ4n) is 12.0. The highest BCUT2D eigenvalue weighted by molar-refractivity contribution is 6.19. The summed E-state index contributed by atoms with van der Waals surface area (Å²) in [6.07, 6.45) is 19.5. The maximum Gasteiger partial charge on any atom is 0.346 e. The van der Waals surface area contributed by atoms with Crippen molar-refractivity contribution < 1.29 is 139 Å². The summed E-state index contributed by atoms with van der Waals surface area (Å²) in [5.41, 5.74) is 0. The Bertz CT molecular complexity index is 4340. The Labute approximate surface area is 722 Å². The lowest BCUT2D eigenvalue weighted by atomic mass is 9.98. The van der Waals surface area contributed by atoms with Crippen LogP contribution in [0.3, 0.4) is 0 Å². The first-order chi connectivity index (χ1) is 59.6. The number of nitrogens with zero attached hydrogens (tertiary/aromatic N) is 8. The summed E-state index contributed by atoms with van der Waals surface area (Å²) in [7, 11) is 2.99. The number of Topliss-reactive ketones (excluding diaryl/α,β-unsaturated/α-hetero) is 12. The third-order valence-electron chi connectivity index (χ3n) is 19.2. The minimum absolute atomic E-state index is 0.0334. The van der Waals surface area contributed by atoms with Crippen molar-refractivity contribution in [3.63, 3.8) is 0 Å². The molecule has 8 rings (SSSR count). The first-order valence-electron chi connectivity index (χ1n) is 39.8. The van der Waals surface area contributed by atoms with Crippen molar-refractivity contribution in [1.82, 2.24) is 76.8 Å². The van der Waals surface area contributed by atoms with Gasteiger partial charge in [-0.15, -0.1) is 0 Å². The van der Waals surface area contributed by atoms with Gasteiger partial charge in [0, 0.05) is 174 Å². The molecule has 0 aromatic rings. The normalized spacial score (nSPS) is 16.3. The van der Waals surface area contributed by atoms with Crippen LogP contribution < -0.4 is 42.5 Å². The van der Waals surface area contributed by atoms with Crippen LogP contribution in [0.25, 0.3) is 0 Å². The van der Waals surface area contributed by atoms with Crippen LogP contribution in [-0.2, 0) is 134 Å². The van der Waals surface area contributed by atoms with Gasteiger partial charge in [0.25, 0.3) is 82.7 Å². The molecule has 0 aromatic carbocycles. The molecule has 0 spiro atoms. The quantitative estimate of drug-likeness (QED) is 0.0207. The third kappa shape index (κ3) is 34.6. The highest BCUT2D eigenvalue weighted by Crippen LogP contribution is 2.15.